The highest BCUT2D eigenvalue weighted by molar-refractivity contribution is 5.97. The van der Waals surface area contributed by atoms with Gasteiger partial charge in [-0.2, -0.15) is 0 Å². The van der Waals surface area contributed by atoms with Crippen molar-refractivity contribution in [2.24, 2.45) is 0 Å². The van der Waals surface area contributed by atoms with Gasteiger partial charge in [-0.25, -0.2) is 14.8 Å². The van der Waals surface area contributed by atoms with Crippen molar-refractivity contribution >= 4 is 29.5 Å². The second kappa shape index (κ2) is 14.8. The van der Waals surface area contributed by atoms with E-state index in [0.717, 1.165) is 5.06 Å². The zero-order valence-electron chi connectivity index (χ0n) is 26.1. The number of nitrogens with zero attached hydrogens (tertiary/aromatic N) is 5. The Bertz CT molecular complexity index is 1450. The molecule has 2 aromatic rings. The monoisotopic (exact) mass is 620 g/mol. The Morgan fingerprint density at radius 3 is 2.33 bits per heavy atom. The van der Waals surface area contributed by atoms with Crippen molar-refractivity contribution in [2.45, 2.75) is 52.2 Å². The number of aromatic nitrogens is 2. The highest BCUT2D eigenvalue weighted by Gasteiger charge is 2.32. The molecule has 13 nitrogen and oxygen atoms in total. The van der Waals surface area contributed by atoms with E-state index in [2.05, 4.69) is 15.3 Å². The van der Waals surface area contributed by atoms with Gasteiger partial charge in [-0.3, -0.25) is 24.7 Å². The number of carbonyl (C=O) groups excluding carboxylic acids is 4. The molecular weight excluding hydrogens is 580 g/mol. The molecule has 1 aromatic carbocycles. The minimum Gasteiger partial charge on any atom is -0.460 e. The number of hydrogen-bond acceptors (Lipinski definition) is 10. The third-order valence-corrected chi connectivity index (χ3v) is 6.99. The summed E-state index contributed by atoms with van der Waals surface area (Å²) in [4.78, 5) is 64.5. The molecule has 3 amide bonds. The predicted octanol–water partition coefficient (Wildman–Crippen LogP) is 3.27. The zero-order valence-corrected chi connectivity index (χ0v) is 26.1. The molecule has 0 saturated carbocycles. The van der Waals surface area contributed by atoms with E-state index >= 15 is 0 Å². The molecule has 1 atom stereocenters. The number of hydrogen-bond donors (Lipinski definition) is 2. The maximum Gasteiger partial charge on any atom is 0.409 e. The standard InChI is InChI=1S/C32H40N6O7/c1-5-44-31(42)37-19-17-36(18-20-37)30(41)24(11-12-27(39)45-32(2,3)4)35-29(40)26-21-25(22-13-15-38(43)16-14-22)33-28(34-26)23-9-7-6-8-10-23/h6-10,13-15,21,24,43H,5,11-12,16-20H2,1-4H3,(H,35,40)/t24-/m0/s1. The van der Waals surface area contributed by atoms with Crippen LogP contribution in [0.25, 0.3) is 17.0 Å². The Labute approximate surface area is 262 Å². The average molecular weight is 621 g/mol. The molecule has 1 saturated heterocycles. The highest BCUT2D eigenvalue weighted by atomic mass is 16.6. The van der Waals surface area contributed by atoms with Crippen molar-refractivity contribution in [1.82, 2.24) is 30.1 Å². The lowest BCUT2D eigenvalue weighted by atomic mass is 10.1. The normalized spacial score (nSPS) is 15.7. The van der Waals surface area contributed by atoms with E-state index in [0.29, 0.717) is 22.7 Å². The number of rotatable bonds is 9. The van der Waals surface area contributed by atoms with Gasteiger partial charge in [0.05, 0.1) is 18.8 Å². The summed E-state index contributed by atoms with van der Waals surface area (Å²) in [7, 11) is 0. The molecule has 3 heterocycles. The van der Waals surface area contributed by atoms with E-state index in [9.17, 15) is 24.4 Å². The predicted molar refractivity (Wildman–Crippen MR) is 165 cm³/mol. The fourth-order valence-corrected chi connectivity index (χ4v) is 4.79. The van der Waals surface area contributed by atoms with Crippen molar-refractivity contribution in [1.29, 1.82) is 0 Å². The summed E-state index contributed by atoms with van der Waals surface area (Å²) < 4.78 is 10.5. The second-order valence-corrected chi connectivity index (χ2v) is 11.6. The van der Waals surface area contributed by atoms with E-state index in [-0.39, 0.29) is 63.8 Å². The molecular formula is C32H40N6O7. The van der Waals surface area contributed by atoms with Gasteiger partial charge < -0.3 is 24.6 Å². The van der Waals surface area contributed by atoms with Gasteiger partial charge in [-0.05, 0) is 51.8 Å². The quantitative estimate of drug-likeness (QED) is 0.399. The molecule has 0 bridgehead atoms. The minimum atomic E-state index is -1.06. The topological polar surface area (TPSA) is 154 Å². The number of esters is 1. The van der Waals surface area contributed by atoms with Crippen molar-refractivity contribution in [3.63, 3.8) is 0 Å². The van der Waals surface area contributed by atoms with Gasteiger partial charge in [0.1, 0.15) is 17.3 Å². The number of hydroxylamine groups is 2. The van der Waals surface area contributed by atoms with Crippen LogP contribution < -0.4 is 5.32 Å². The molecule has 2 aliphatic rings. The summed E-state index contributed by atoms with van der Waals surface area (Å²) in [5.41, 5.74) is 1.16. The molecule has 45 heavy (non-hydrogen) atoms. The lowest BCUT2D eigenvalue weighted by Crippen LogP contribution is -2.56. The number of carbonyl (C=O) groups is 4. The van der Waals surface area contributed by atoms with Crippen LogP contribution in [0.1, 0.15) is 56.7 Å². The molecule has 0 radical (unpaired) electrons. The van der Waals surface area contributed by atoms with Gasteiger partial charge in [0.15, 0.2) is 5.82 Å². The van der Waals surface area contributed by atoms with Gasteiger partial charge in [0.25, 0.3) is 5.91 Å². The molecule has 0 spiro atoms. The van der Waals surface area contributed by atoms with Crippen LogP contribution in [0.5, 0.6) is 0 Å². The van der Waals surface area contributed by atoms with Crippen LogP contribution in [0.3, 0.4) is 0 Å². The van der Waals surface area contributed by atoms with Gasteiger partial charge in [-0.1, -0.05) is 36.4 Å². The Morgan fingerprint density at radius 2 is 1.71 bits per heavy atom. The number of piperazine rings is 1. The van der Waals surface area contributed by atoms with Crippen molar-refractivity contribution < 1.29 is 33.9 Å². The number of ether oxygens (including phenoxy) is 2. The Morgan fingerprint density at radius 1 is 1.02 bits per heavy atom. The van der Waals surface area contributed by atoms with E-state index in [1.807, 2.05) is 30.3 Å². The van der Waals surface area contributed by atoms with E-state index in [1.165, 1.54) is 17.2 Å². The van der Waals surface area contributed by atoms with Crippen molar-refractivity contribution in [2.75, 3.05) is 39.3 Å². The first-order valence-corrected chi connectivity index (χ1v) is 15.0. The van der Waals surface area contributed by atoms with Crippen LogP contribution >= 0.6 is 0 Å². The van der Waals surface area contributed by atoms with Crippen LogP contribution in [0, 0.1) is 0 Å². The summed E-state index contributed by atoms with van der Waals surface area (Å²) in [5, 5.41) is 13.6. The van der Waals surface area contributed by atoms with Crippen LogP contribution in [0.2, 0.25) is 0 Å². The number of nitrogens with one attached hydrogen (secondary N) is 1. The van der Waals surface area contributed by atoms with Gasteiger partial charge in [0.2, 0.25) is 5.91 Å². The van der Waals surface area contributed by atoms with E-state index < -0.39 is 29.6 Å². The van der Waals surface area contributed by atoms with E-state index in [1.54, 1.807) is 44.7 Å². The van der Waals surface area contributed by atoms with Crippen molar-refractivity contribution in [3.05, 3.63) is 66.1 Å². The molecule has 1 aromatic heterocycles. The maximum atomic E-state index is 13.8. The first kappa shape index (κ1) is 33.1. The largest absolute Gasteiger partial charge is 0.460 e. The molecule has 2 aliphatic heterocycles. The van der Waals surface area contributed by atoms with Crippen molar-refractivity contribution in [3.8, 4) is 11.4 Å². The number of benzene rings is 1. The van der Waals surface area contributed by atoms with Crippen LogP contribution in [0.4, 0.5) is 4.79 Å². The first-order valence-electron chi connectivity index (χ1n) is 15.0. The fourth-order valence-electron chi connectivity index (χ4n) is 4.79. The third-order valence-electron chi connectivity index (χ3n) is 6.99. The molecule has 4 rings (SSSR count). The Kier molecular flexibility index (Phi) is 10.9. The molecule has 2 N–H and O–H groups in total. The molecule has 13 heteroatoms. The number of amides is 3. The lowest BCUT2D eigenvalue weighted by Gasteiger charge is -2.36. The van der Waals surface area contributed by atoms with Crippen LogP contribution in [0.15, 0.2) is 54.8 Å². The summed E-state index contributed by atoms with van der Waals surface area (Å²) in [5.74, 6) is -1.18. The molecule has 1 fully saturated rings. The molecule has 240 valence electrons. The third kappa shape index (κ3) is 9.35. The SMILES string of the molecule is CCOC(=O)N1CCN(C(=O)[C@H](CCC(=O)OC(C)(C)C)NC(=O)c2cc(C3=CCN(O)C=C3)nc(-c3ccccc3)n2)CC1. The van der Waals surface area contributed by atoms with Gasteiger partial charge in [0, 0.05) is 44.4 Å². The smallest absolute Gasteiger partial charge is 0.409 e. The van der Waals surface area contributed by atoms with Gasteiger partial charge in [-0.15, -0.1) is 0 Å². The molecule has 0 aliphatic carbocycles. The second-order valence-electron chi connectivity index (χ2n) is 11.6. The summed E-state index contributed by atoms with van der Waals surface area (Å²) in [6, 6.07) is 9.64. The molecule has 0 unspecified atom stereocenters. The summed E-state index contributed by atoms with van der Waals surface area (Å²) >= 11 is 0. The Hall–Kier alpha value is -4.78. The fraction of sp³-hybridized carbons (Fsp3) is 0.438. The van der Waals surface area contributed by atoms with Crippen LogP contribution in [-0.4, -0.2) is 105 Å². The van der Waals surface area contributed by atoms with Gasteiger partial charge >= 0.3 is 12.1 Å². The average Bonchev–Trinajstić information content (AvgIpc) is 3.02. The maximum absolute atomic E-state index is 13.8. The van der Waals surface area contributed by atoms with Crippen LogP contribution in [-0.2, 0) is 19.1 Å². The number of allylic oxidation sites excluding steroid dienone is 2. The Balaban J connectivity index is 1.58. The summed E-state index contributed by atoms with van der Waals surface area (Å²) in [6.07, 6.45) is 4.39. The zero-order chi connectivity index (χ0) is 32.6. The first-order chi connectivity index (χ1) is 21.4. The van der Waals surface area contributed by atoms with E-state index in [4.69, 9.17) is 9.47 Å². The summed E-state index contributed by atoms with van der Waals surface area (Å²) in [6.45, 7) is 8.53. The lowest BCUT2D eigenvalue weighted by molar-refractivity contribution is -0.155. The highest BCUT2D eigenvalue weighted by Crippen LogP contribution is 2.23. The minimum absolute atomic E-state index is 0.00128.